The lowest BCUT2D eigenvalue weighted by Gasteiger charge is -2.34. The van der Waals surface area contributed by atoms with Gasteiger partial charge in [0, 0.05) is 30.5 Å². The lowest BCUT2D eigenvalue weighted by atomic mass is 9.93. The molecule has 1 fully saturated rings. The summed E-state index contributed by atoms with van der Waals surface area (Å²) in [6.07, 6.45) is 1.82. The van der Waals surface area contributed by atoms with Gasteiger partial charge in [-0.05, 0) is 48.7 Å². The Kier molecular flexibility index (Phi) is 4.23. The van der Waals surface area contributed by atoms with Gasteiger partial charge in [-0.25, -0.2) is 0 Å². The number of phenols is 1. The molecule has 0 saturated heterocycles. The monoisotopic (exact) mass is 350 g/mol. The predicted molar refractivity (Wildman–Crippen MR) is 102 cm³/mol. The molecular weight excluding hydrogens is 324 g/mol. The van der Waals surface area contributed by atoms with Gasteiger partial charge in [-0.15, -0.1) is 0 Å². The van der Waals surface area contributed by atoms with Crippen molar-refractivity contribution in [3.05, 3.63) is 65.2 Å². The molecule has 0 bridgehead atoms. The highest BCUT2D eigenvalue weighted by Gasteiger charge is 2.55. The van der Waals surface area contributed by atoms with Gasteiger partial charge in [-0.3, -0.25) is 9.69 Å². The van der Waals surface area contributed by atoms with Crippen molar-refractivity contribution in [1.82, 2.24) is 10.2 Å². The zero-order valence-corrected chi connectivity index (χ0v) is 15.4. The minimum atomic E-state index is -0.0199. The molecular formula is C22H26N2O2. The third-order valence-electron chi connectivity index (χ3n) is 6.19. The molecule has 1 saturated carbocycles. The Labute approximate surface area is 154 Å². The van der Waals surface area contributed by atoms with Gasteiger partial charge >= 0.3 is 0 Å². The standard InChI is InChI=1S/C22H26N2O2/c1-22(17-6-4-3-5-7-17)12-20(22)21(26)23-13-18-10-15-8-9-19(25)11-16(15)14-24(18)2/h3-9,11,18,20,25H,10,12-14H2,1-2H3,(H,23,26)/t18?,20-,22-/m1/s1. The van der Waals surface area contributed by atoms with Crippen molar-refractivity contribution in [3.8, 4) is 5.75 Å². The number of nitrogens with zero attached hydrogens (tertiary/aromatic N) is 1. The largest absolute Gasteiger partial charge is 0.508 e. The Hall–Kier alpha value is -2.33. The summed E-state index contributed by atoms with van der Waals surface area (Å²) in [5.41, 5.74) is 3.67. The van der Waals surface area contributed by atoms with E-state index in [-0.39, 0.29) is 23.3 Å². The number of phenolic OH excluding ortho intramolecular Hbond substituents is 1. The minimum Gasteiger partial charge on any atom is -0.508 e. The van der Waals surface area contributed by atoms with Crippen molar-refractivity contribution >= 4 is 5.91 Å². The third-order valence-corrected chi connectivity index (χ3v) is 6.19. The number of carbonyl (C=O) groups excluding carboxylic acids is 1. The van der Waals surface area contributed by atoms with E-state index in [1.807, 2.05) is 30.3 Å². The fourth-order valence-electron chi connectivity index (χ4n) is 4.22. The Morgan fingerprint density at radius 2 is 2.00 bits per heavy atom. The van der Waals surface area contributed by atoms with Crippen molar-refractivity contribution in [2.75, 3.05) is 13.6 Å². The number of aromatic hydroxyl groups is 1. The molecule has 2 aliphatic rings. The van der Waals surface area contributed by atoms with E-state index in [1.54, 1.807) is 6.07 Å². The van der Waals surface area contributed by atoms with Crippen LogP contribution in [0.1, 0.15) is 30.0 Å². The first-order chi connectivity index (χ1) is 12.5. The van der Waals surface area contributed by atoms with Gasteiger partial charge in [-0.2, -0.15) is 0 Å². The molecule has 0 spiro atoms. The molecule has 2 N–H and O–H groups in total. The zero-order chi connectivity index (χ0) is 18.3. The molecule has 1 heterocycles. The number of benzene rings is 2. The molecule has 2 aromatic carbocycles. The molecule has 4 nitrogen and oxygen atoms in total. The summed E-state index contributed by atoms with van der Waals surface area (Å²) in [5, 5.41) is 12.8. The van der Waals surface area contributed by atoms with E-state index in [2.05, 4.69) is 36.3 Å². The summed E-state index contributed by atoms with van der Waals surface area (Å²) in [7, 11) is 2.08. The van der Waals surface area contributed by atoms with E-state index in [1.165, 1.54) is 16.7 Å². The first-order valence-corrected chi connectivity index (χ1v) is 9.31. The summed E-state index contributed by atoms with van der Waals surface area (Å²) in [5.74, 6) is 0.558. The second-order valence-corrected chi connectivity index (χ2v) is 8.01. The van der Waals surface area contributed by atoms with Crippen LogP contribution in [0.3, 0.4) is 0 Å². The Morgan fingerprint density at radius 1 is 1.23 bits per heavy atom. The number of carbonyl (C=O) groups is 1. The maximum Gasteiger partial charge on any atom is 0.224 e. The lowest BCUT2D eigenvalue weighted by molar-refractivity contribution is -0.123. The van der Waals surface area contributed by atoms with E-state index in [0.29, 0.717) is 12.3 Å². The van der Waals surface area contributed by atoms with Crippen LogP contribution in [0.25, 0.3) is 0 Å². The van der Waals surface area contributed by atoms with Gasteiger partial charge in [-0.1, -0.05) is 43.3 Å². The van der Waals surface area contributed by atoms with Crippen molar-refractivity contribution < 1.29 is 9.90 Å². The minimum absolute atomic E-state index is 0.0199. The highest BCUT2D eigenvalue weighted by molar-refractivity contribution is 5.84. The van der Waals surface area contributed by atoms with E-state index < -0.39 is 0 Å². The second-order valence-electron chi connectivity index (χ2n) is 8.01. The summed E-state index contributed by atoms with van der Waals surface area (Å²) in [6.45, 7) is 3.65. The van der Waals surface area contributed by atoms with Crippen LogP contribution in [0.5, 0.6) is 5.75 Å². The zero-order valence-electron chi connectivity index (χ0n) is 15.4. The van der Waals surface area contributed by atoms with E-state index in [9.17, 15) is 9.90 Å². The van der Waals surface area contributed by atoms with Crippen molar-refractivity contribution in [2.24, 2.45) is 5.92 Å². The molecule has 1 amide bonds. The molecule has 4 rings (SSSR count). The van der Waals surface area contributed by atoms with Crippen molar-refractivity contribution in [3.63, 3.8) is 0 Å². The number of hydrogen-bond acceptors (Lipinski definition) is 3. The van der Waals surface area contributed by atoms with Gasteiger partial charge in [0.1, 0.15) is 5.75 Å². The molecule has 0 aromatic heterocycles. The Morgan fingerprint density at radius 3 is 2.77 bits per heavy atom. The fraction of sp³-hybridized carbons (Fsp3) is 0.409. The molecule has 1 aliphatic carbocycles. The smallest absolute Gasteiger partial charge is 0.224 e. The van der Waals surface area contributed by atoms with Gasteiger partial charge in [0.05, 0.1) is 0 Å². The predicted octanol–water partition coefficient (Wildman–Crippen LogP) is 2.84. The summed E-state index contributed by atoms with van der Waals surface area (Å²) < 4.78 is 0. The first-order valence-electron chi connectivity index (χ1n) is 9.31. The topological polar surface area (TPSA) is 52.6 Å². The van der Waals surface area contributed by atoms with Crippen molar-refractivity contribution in [2.45, 2.75) is 37.8 Å². The van der Waals surface area contributed by atoms with Crippen LogP contribution in [0.2, 0.25) is 0 Å². The molecule has 3 atom stereocenters. The number of likely N-dealkylation sites (N-methyl/N-ethyl adjacent to an activating group) is 1. The van der Waals surface area contributed by atoms with Crippen LogP contribution in [-0.2, 0) is 23.2 Å². The van der Waals surface area contributed by atoms with E-state index >= 15 is 0 Å². The van der Waals surface area contributed by atoms with Gasteiger partial charge in [0.25, 0.3) is 0 Å². The number of fused-ring (bicyclic) bond motifs is 1. The normalized spacial score (nSPS) is 27.6. The average molecular weight is 350 g/mol. The quantitative estimate of drug-likeness (QED) is 0.891. The molecule has 26 heavy (non-hydrogen) atoms. The summed E-state index contributed by atoms with van der Waals surface area (Å²) in [4.78, 5) is 14.9. The Bertz CT molecular complexity index is 820. The molecule has 1 unspecified atom stereocenters. The average Bonchev–Trinajstić information content (AvgIpc) is 3.34. The number of amides is 1. The lowest BCUT2D eigenvalue weighted by Crippen LogP contribution is -2.46. The second kappa shape index (κ2) is 6.44. The van der Waals surface area contributed by atoms with Gasteiger partial charge in [0.2, 0.25) is 5.91 Å². The molecule has 0 radical (unpaired) electrons. The summed E-state index contributed by atoms with van der Waals surface area (Å²) in [6, 6.07) is 16.2. The van der Waals surface area contributed by atoms with Crippen molar-refractivity contribution in [1.29, 1.82) is 0 Å². The fourth-order valence-corrected chi connectivity index (χ4v) is 4.22. The van der Waals surface area contributed by atoms with Crippen LogP contribution < -0.4 is 5.32 Å². The van der Waals surface area contributed by atoms with Gasteiger partial charge < -0.3 is 10.4 Å². The van der Waals surface area contributed by atoms with E-state index in [0.717, 1.165) is 19.4 Å². The van der Waals surface area contributed by atoms with Crippen LogP contribution in [0, 0.1) is 5.92 Å². The highest BCUT2D eigenvalue weighted by atomic mass is 16.3. The van der Waals surface area contributed by atoms with Crippen LogP contribution in [0.4, 0.5) is 0 Å². The molecule has 4 heteroatoms. The van der Waals surface area contributed by atoms with Crippen LogP contribution >= 0.6 is 0 Å². The number of rotatable bonds is 4. The molecule has 2 aromatic rings. The SMILES string of the molecule is CN1Cc2cc(O)ccc2CC1CNC(=O)[C@H]1C[C@]1(C)c1ccccc1. The maximum atomic E-state index is 12.7. The molecule has 136 valence electrons. The number of hydrogen-bond donors (Lipinski definition) is 2. The third kappa shape index (κ3) is 3.10. The Balaban J connectivity index is 1.36. The summed E-state index contributed by atoms with van der Waals surface area (Å²) >= 11 is 0. The van der Waals surface area contributed by atoms with Crippen LogP contribution in [0.15, 0.2) is 48.5 Å². The van der Waals surface area contributed by atoms with E-state index in [4.69, 9.17) is 0 Å². The van der Waals surface area contributed by atoms with Gasteiger partial charge in [0.15, 0.2) is 0 Å². The molecule has 1 aliphatic heterocycles. The number of nitrogens with one attached hydrogen (secondary N) is 1. The maximum absolute atomic E-state index is 12.7. The first kappa shape index (κ1) is 17.1. The van der Waals surface area contributed by atoms with Crippen LogP contribution in [-0.4, -0.2) is 35.5 Å². The highest BCUT2D eigenvalue weighted by Crippen LogP contribution is 2.53.